The summed E-state index contributed by atoms with van der Waals surface area (Å²) in [5.74, 6) is 0. The van der Waals surface area contributed by atoms with Crippen LogP contribution in [0.1, 0.15) is 39.5 Å². The summed E-state index contributed by atoms with van der Waals surface area (Å²) < 4.78 is 5.32. The van der Waals surface area contributed by atoms with E-state index < -0.39 is 5.60 Å². The van der Waals surface area contributed by atoms with Gasteiger partial charge in [0.15, 0.2) is 0 Å². The fourth-order valence-electron chi connectivity index (χ4n) is 2.97. The SMILES string of the molecule is CCC1=C(C)CN(CC2(O)CCOCC2)CC1. The molecule has 1 fully saturated rings. The molecule has 0 aliphatic carbocycles. The number of hydrogen-bond acceptors (Lipinski definition) is 3. The number of hydrogen-bond donors (Lipinski definition) is 1. The molecule has 0 spiro atoms. The Labute approximate surface area is 104 Å². The highest BCUT2D eigenvalue weighted by molar-refractivity contribution is 5.17. The van der Waals surface area contributed by atoms with Crippen molar-refractivity contribution in [3.8, 4) is 0 Å². The van der Waals surface area contributed by atoms with Gasteiger partial charge in [-0.1, -0.05) is 18.1 Å². The average molecular weight is 239 g/mol. The van der Waals surface area contributed by atoms with Crippen molar-refractivity contribution < 1.29 is 9.84 Å². The van der Waals surface area contributed by atoms with E-state index in [2.05, 4.69) is 18.7 Å². The quantitative estimate of drug-likeness (QED) is 0.764. The lowest BCUT2D eigenvalue weighted by Crippen LogP contribution is -2.48. The van der Waals surface area contributed by atoms with Crippen molar-refractivity contribution in [3.63, 3.8) is 0 Å². The number of aliphatic hydroxyl groups is 1. The van der Waals surface area contributed by atoms with Crippen LogP contribution >= 0.6 is 0 Å². The van der Waals surface area contributed by atoms with Crippen LogP contribution in [-0.2, 0) is 4.74 Å². The Hall–Kier alpha value is -0.380. The summed E-state index contributed by atoms with van der Waals surface area (Å²) in [6.07, 6.45) is 3.92. The van der Waals surface area contributed by atoms with Gasteiger partial charge in [0, 0.05) is 45.7 Å². The van der Waals surface area contributed by atoms with Gasteiger partial charge in [0.25, 0.3) is 0 Å². The molecule has 2 aliphatic rings. The predicted octanol–water partition coefficient (Wildman–Crippen LogP) is 1.96. The van der Waals surface area contributed by atoms with Crippen molar-refractivity contribution in [1.29, 1.82) is 0 Å². The number of β-amino-alcohol motifs (C(OH)–C–C–N with tert-alkyl or cyclic N) is 1. The maximum atomic E-state index is 10.5. The van der Waals surface area contributed by atoms with Crippen LogP contribution in [-0.4, -0.2) is 48.5 Å². The highest BCUT2D eigenvalue weighted by Crippen LogP contribution is 2.25. The molecular weight excluding hydrogens is 214 g/mol. The van der Waals surface area contributed by atoms with Gasteiger partial charge in [-0.2, -0.15) is 0 Å². The zero-order valence-electron chi connectivity index (χ0n) is 11.2. The van der Waals surface area contributed by atoms with E-state index in [9.17, 15) is 5.11 Å². The summed E-state index contributed by atoms with van der Waals surface area (Å²) >= 11 is 0. The van der Waals surface area contributed by atoms with Crippen molar-refractivity contribution in [3.05, 3.63) is 11.1 Å². The first kappa shape index (κ1) is 13.1. The molecule has 2 aliphatic heterocycles. The van der Waals surface area contributed by atoms with Gasteiger partial charge in [-0.15, -0.1) is 0 Å². The van der Waals surface area contributed by atoms with Gasteiger partial charge < -0.3 is 9.84 Å². The highest BCUT2D eigenvalue weighted by atomic mass is 16.5. The molecule has 2 heterocycles. The first-order valence-electron chi connectivity index (χ1n) is 6.83. The molecule has 0 aromatic carbocycles. The van der Waals surface area contributed by atoms with E-state index in [1.54, 1.807) is 5.57 Å². The van der Waals surface area contributed by atoms with E-state index in [4.69, 9.17) is 4.74 Å². The van der Waals surface area contributed by atoms with Gasteiger partial charge in [0.05, 0.1) is 5.60 Å². The monoisotopic (exact) mass is 239 g/mol. The van der Waals surface area contributed by atoms with Gasteiger partial charge in [-0.25, -0.2) is 0 Å². The van der Waals surface area contributed by atoms with E-state index >= 15 is 0 Å². The Bertz CT molecular complexity index is 293. The summed E-state index contributed by atoms with van der Waals surface area (Å²) in [5.41, 5.74) is 2.61. The Morgan fingerprint density at radius 1 is 1.35 bits per heavy atom. The zero-order valence-corrected chi connectivity index (χ0v) is 11.2. The van der Waals surface area contributed by atoms with Gasteiger partial charge in [-0.05, 0) is 19.8 Å². The minimum atomic E-state index is -0.512. The Morgan fingerprint density at radius 3 is 2.65 bits per heavy atom. The lowest BCUT2D eigenvalue weighted by molar-refractivity contribution is -0.0792. The van der Waals surface area contributed by atoms with E-state index in [-0.39, 0.29) is 0 Å². The second-order valence-electron chi connectivity index (χ2n) is 5.53. The van der Waals surface area contributed by atoms with Crippen LogP contribution in [0, 0.1) is 0 Å². The summed E-state index contributed by atoms with van der Waals surface area (Å²) in [5, 5.41) is 10.5. The first-order chi connectivity index (χ1) is 8.13. The summed E-state index contributed by atoms with van der Waals surface area (Å²) in [6.45, 7) is 8.83. The number of rotatable bonds is 3. The van der Waals surface area contributed by atoms with E-state index in [0.29, 0.717) is 13.2 Å². The molecule has 0 radical (unpaired) electrons. The van der Waals surface area contributed by atoms with Crippen molar-refractivity contribution in [2.75, 3.05) is 32.8 Å². The largest absolute Gasteiger partial charge is 0.388 e. The normalized spacial score (nSPS) is 26.3. The number of ether oxygens (including phenoxy) is 1. The average Bonchev–Trinajstić information content (AvgIpc) is 2.29. The molecule has 3 heteroatoms. The molecule has 0 atom stereocenters. The molecule has 0 unspecified atom stereocenters. The van der Waals surface area contributed by atoms with Crippen LogP contribution in [0.3, 0.4) is 0 Å². The van der Waals surface area contributed by atoms with Gasteiger partial charge >= 0.3 is 0 Å². The molecule has 0 aromatic rings. The van der Waals surface area contributed by atoms with E-state index in [1.165, 1.54) is 18.4 Å². The third-order valence-corrected chi connectivity index (χ3v) is 4.16. The molecule has 1 N–H and O–H groups in total. The Kier molecular flexibility index (Phi) is 4.23. The molecule has 0 saturated carbocycles. The van der Waals surface area contributed by atoms with Crippen LogP contribution < -0.4 is 0 Å². The maximum Gasteiger partial charge on any atom is 0.0818 e. The van der Waals surface area contributed by atoms with E-state index in [0.717, 1.165) is 32.5 Å². The number of nitrogens with zero attached hydrogens (tertiary/aromatic N) is 1. The fraction of sp³-hybridized carbons (Fsp3) is 0.857. The van der Waals surface area contributed by atoms with Crippen molar-refractivity contribution in [1.82, 2.24) is 4.90 Å². The third-order valence-electron chi connectivity index (χ3n) is 4.16. The topological polar surface area (TPSA) is 32.7 Å². The van der Waals surface area contributed by atoms with Gasteiger partial charge in [0.2, 0.25) is 0 Å². The van der Waals surface area contributed by atoms with Crippen LogP contribution in [0.15, 0.2) is 11.1 Å². The lowest BCUT2D eigenvalue weighted by Gasteiger charge is -2.39. The second kappa shape index (κ2) is 5.51. The second-order valence-corrected chi connectivity index (χ2v) is 5.53. The van der Waals surface area contributed by atoms with Gasteiger partial charge in [0.1, 0.15) is 0 Å². The first-order valence-corrected chi connectivity index (χ1v) is 6.83. The van der Waals surface area contributed by atoms with Crippen molar-refractivity contribution in [2.24, 2.45) is 0 Å². The van der Waals surface area contributed by atoms with Crippen LogP contribution in [0.2, 0.25) is 0 Å². The predicted molar refractivity (Wildman–Crippen MR) is 69.1 cm³/mol. The standard InChI is InChI=1S/C14H25NO2/c1-3-13-4-7-15(10-12(13)2)11-14(16)5-8-17-9-6-14/h16H,3-11H2,1-2H3. The zero-order chi connectivity index (χ0) is 12.3. The maximum absolute atomic E-state index is 10.5. The van der Waals surface area contributed by atoms with Crippen molar-refractivity contribution >= 4 is 0 Å². The molecule has 2 rings (SSSR count). The molecule has 17 heavy (non-hydrogen) atoms. The highest BCUT2D eigenvalue weighted by Gasteiger charge is 2.32. The lowest BCUT2D eigenvalue weighted by atomic mass is 9.92. The molecule has 0 bridgehead atoms. The smallest absolute Gasteiger partial charge is 0.0818 e. The molecular formula is C14H25NO2. The molecule has 1 saturated heterocycles. The minimum Gasteiger partial charge on any atom is -0.388 e. The van der Waals surface area contributed by atoms with Crippen LogP contribution in [0.25, 0.3) is 0 Å². The van der Waals surface area contributed by atoms with Crippen LogP contribution in [0.5, 0.6) is 0 Å². The minimum absolute atomic E-state index is 0.512. The molecule has 0 amide bonds. The summed E-state index contributed by atoms with van der Waals surface area (Å²) in [4.78, 5) is 2.40. The Balaban J connectivity index is 1.90. The van der Waals surface area contributed by atoms with Crippen LogP contribution in [0.4, 0.5) is 0 Å². The van der Waals surface area contributed by atoms with E-state index in [1.807, 2.05) is 0 Å². The van der Waals surface area contributed by atoms with Gasteiger partial charge in [-0.3, -0.25) is 4.90 Å². The fourth-order valence-corrected chi connectivity index (χ4v) is 2.97. The third kappa shape index (κ3) is 3.30. The molecule has 98 valence electrons. The molecule has 3 nitrogen and oxygen atoms in total. The summed E-state index contributed by atoms with van der Waals surface area (Å²) in [7, 11) is 0. The Morgan fingerprint density at radius 2 is 2.06 bits per heavy atom. The van der Waals surface area contributed by atoms with Crippen molar-refractivity contribution in [2.45, 2.75) is 45.1 Å². The molecule has 0 aromatic heterocycles. The summed E-state index contributed by atoms with van der Waals surface area (Å²) in [6, 6.07) is 0.